The van der Waals surface area contributed by atoms with E-state index in [1.54, 1.807) is 29.2 Å². The first-order valence-electron chi connectivity index (χ1n) is 5.85. The van der Waals surface area contributed by atoms with Crippen molar-refractivity contribution < 1.29 is 9.18 Å². The van der Waals surface area contributed by atoms with Crippen LogP contribution < -0.4 is 4.90 Å². The molecule has 2 rings (SSSR count). The van der Waals surface area contributed by atoms with Gasteiger partial charge in [-0.25, -0.2) is 4.39 Å². The molecule has 0 radical (unpaired) electrons. The zero-order chi connectivity index (χ0) is 13.0. The van der Waals surface area contributed by atoms with Crippen LogP contribution in [0.25, 0.3) is 0 Å². The van der Waals surface area contributed by atoms with Gasteiger partial charge in [0, 0.05) is 17.8 Å². The molecule has 0 N–H and O–H groups in total. The van der Waals surface area contributed by atoms with Crippen LogP contribution >= 0.6 is 0 Å². The highest BCUT2D eigenvalue weighted by atomic mass is 19.1. The second-order valence-electron chi connectivity index (χ2n) is 3.89. The van der Waals surface area contributed by atoms with E-state index < -0.39 is 0 Å². The number of carbonyl (C=O) groups excluding carboxylic acids is 1. The summed E-state index contributed by atoms with van der Waals surface area (Å²) in [4.78, 5) is 13.9. The summed E-state index contributed by atoms with van der Waals surface area (Å²) in [6, 6.07) is 15.0. The Balaban J connectivity index is 2.29. The van der Waals surface area contributed by atoms with Gasteiger partial charge in [-0.3, -0.25) is 4.79 Å². The predicted octanol–water partition coefficient (Wildman–Crippen LogP) is 3.49. The maximum absolute atomic E-state index is 12.9. The highest BCUT2D eigenvalue weighted by Crippen LogP contribution is 2.17. The second kappa shape index (κ2) is 5.45. The molecule has 0 heterocycles. The molecule has 0 atom stereocenters. The molecule has 0 aliphatic heterocycles. The Morgan fingerprint density at radius 3 is 2.22 bits per heavy atom. The van der Waals surface area contributed by atoms with Gasteiger partial charge in [0.05, 0.1) is 0 Å². The number of amides is 1. The number of halogens is 1. The van der Waals surface area contributed by atoms with Crippen molar-refractivity contribution in [2.24, 2.45) is 0 Å². The largest absolute Gasteiger partial charge is 0.309 e. The highest BCUT2D eigenvalue weighted by Gasteiger charge is 2.15. The lowest BCUT2D eigenvalue weighted by molar-refractivity contribution is 0.0988. The molecular weight excluding hydrogens is 229 g/mol. The first kappa shape index (κ1) is 12.3. The molecule has 2 aromatic rings. The highest BCUT2D eigenvalue weighted by molar-refractivity contribution is 6.05. The van der Waals surface area contributed by atoms with Gasteiger partial charge in [-0.1, -0.05) is 18.2 Å². The molecule has 0 bridgehead atoms. The minimum Gasteiger partial charge on any atom is -0.309 e. The number of rotatable bonds is 3. The van der Waals surface area contributed by atoms with E-state index in [1.165, 1.54) is 12.1 Å². The first-order chi connectivity index (χ1) is 8.72. The molecule has 2 nitrogen and oxygen atoms in total. The number of anilines is 1. The van der Waals surface area contributed by atoms with Crippen LogP contribution in [0.5, 0.6) is 0 Å². The van der Waals surface area contributed by atoms with Gasteiger partial charge in [0.1, 0.15) is 5.82 Å². The van der Waals surface area contributed by atoms with Crippen LogP contribution in [0.1, 0.15) is 17.3 Å². The summed E-state index contributed by atoms with van der Waals surface area (Å²) < 4.78 is 12.9. The predicted molar refractivity (Wildman–Crippen MR) is 70.2 cm³/mol. The van der Waals surface area contributed by atoms with Gasteiger partial charge >= 0.3 is 0 Å². The van der Waals surface area contributed by atoms with Crippen molar-refractivity contribution in [1.29, 1.82) is 0 Å². The molecule has 0 aliphatic rings. The number of carbonyl (C=O) groups is 1. The van der Waals surface area contributed by atoms with Gasteiger partial charge in [0.15, 0.2) is 0 Å². The Labute approximate surface area is 106 Å². The normalized spacial score (nSPS) is 10.1. The van der Waals surface area contributed by atoms with Gasteiger partial charge in [-0.2, -0.15) is 0 Å². The summed E-state index contributed by atoms with van der Waals surface area (Å²) in [5, 5.41) is 0. The molecule has 0 saturated carbocycles. The molecule has 0 fully saturated rings. The van der Waals surface area contributed by atoms with Crippen molar-refractivity contribution in [3.8, 4) is 0 Å². The van der Waals surface area contributed by atoms with E-state index in [1.807, 2.05) is 25.1 Å². The molecule has 0 spiro atoms. The van der Waals surface area contributed by atoms with E-state index in [0.29, 0.717) is 17.8 Å². The Hall–Kier alpha value is -2.16. The third-order valence-electron chi connectivity index (χ3n) is 2.72. The molecular formula is C15H14FNO. The van der Waals surface area contributed by atoms with Crippen LogP contribution in [0.2, 0.25) is 0 Å². The molecule has 3 heteroatoms. The minimum atomic E-state index is -0.304. The van der Waals surface area contributed by atoms with E-state index in [9.17, 15) is 9.18 Å². The molecule has 0 saturated heterocycles. The zero-order valence-corrected chi connectivity index (χ0v) is 10.1. The Morgan fingerprint density at radius 2 is 1.67 bits per heavy atom. The Morgan fingerprint density at radius 1 is 1.06 bits per heavy atom. The molecule has 0 unspecified atom stereocenters. The smallest absolute Gasteiger partial charge is 0.258 e. The molecule has 0 aliphatic carbocycles. The fourth-order valence-electron chi connectivity index (χ4n) is 1.80. The maximum atomic E-state index is 12.9. The van der Waals surface area contributed by atoms with E-state index in [0.717, 1.165) is 0 Å². The zero-order valence-electron chi connectivity index (χ0n) is 10.1. The molecule has 1 amide bonds. The molecule has 2 aromatic carbocycles. The SMILES string of the molecule is CCN(C(=O)c1ccccc1)c1ccc(F)cc1. The van der Waals surface area contributed by atoms with Crippen LogP contribution in [0.4, 0.5) is 10.1 Å². The molecule has 0 aromatic heterocycles. The van der Waals surface area contributed by atoms with Crippen molar-refractivity contribution in [1.82, 2.24) is 0 Å². The lowest BCUT2D eigenvalue weighted by atomic mass is 10.2. The summed E-state index contributed by atoms with van der Waals surface area (Å²) in [6.07, 6.45) is 0. The van der Waals surface area contributed by atoms with Crippen molar-refractivity contribution in [3.05, 3.63) is 66.0 Å². The van der Waals surface area contributed by atoms with Gasteiger partial charge in [0.25, 0.3) is 5.91 Å². The topological polar surface area (TPSA) is 20.3 Å². The fourth-order valence-corrected chi connectivity index (χ4v) is 1.80. The molecule has 92 valence electrons. The number of nitrogens with zero attached hydrogens (tertiary/aromatic N) is 1. The van der Waals surface area contributed by atoms with Crippen LogP contribution in [0.15, 0.2) is 54.6 Å². The first-order valence-corrected chi connectivity index (χ1v) is 5.85. The second-order valence-corrected chi connectivity index (χ2v) is 3.89. The van der Waals surface area contributed by atoms with Gasteiger partial charge in [-0.15, -0.1) is 0 Å². The Bertz CT molecular complexity index is 522. The summed E-state index contributed by atoms with van der Waals surface area (Å²) in [6.45, 7) is 2.43. The number of benzene rings is 2. The van der Waals surface area contributed by atoms with Crippen molar-refractivity contribution in [3.63, 3.8) is 0 Å². The number of hydrogen-bond acceptors (Lipinski definition) is 1. The van der Waals surface area contributed by atoms with Crippen molar-refractivity contribution >= 4 is 11.6 Å². The summed E-state index contributed by atoms with van der Waals surface area (Å²) in [5.41, 5.74) is 1.33. The quantitative estimate of drug-likeness (QED) is 0.808. The van der Waals surface area contributed by atoms with Crippen molar-refractivity contribution in [2.75, 3.05) is 11.4 Å². The lowest BCUT2D eigenvalue weighted by Crippen LogP contribution is -2.30. The maximum Gasteiger partial charge on any atom is 0.258 e. The van der Waals surface area contributed by atoms with Crippen LogP contribution in [-0.2, 0) is 0 Å². The minimum absolute atomic E-state index is 0.0790. The van der Waals surface area contributed by atoms with Crippen molar-refractivity contribution in [2.45, 2.75) is 6.92 Å². The number of hydrogen-bond donors (Lipinski definition) is 0. The van der Waals surface area contributed by atoms with E-state index in [-0.39, 0.29) is 11.7 Å². The monoisotopic (exact) mass is 243 g/mol. The average molecular weight is 243 g/mol. The molecule has 18 heavy (non-hydrogen) atoms. The summed E-state index contributed by atoms with van der Waals surface area (Å²) >= 11 is 0. The standard InChI is InChI=1S/C15H14FNO/c1-2-17(14-10-8-13(16)9-11-14)15(18)12-6-4-3-5-7-12/h3-11H,2H2,1H3. The van der Waals surface area contributed by atoms with Crippen LogP contribution in [0.3, 0.4) is 0 Å². The third kappa shape index (κ3) is 2.56. The average Bonchev–Trinajstić information content (AvgIpc) is 2.42. The van der Waals surface area contributed by atoms with Gasteiger partial charge in [-0.05, 0) is 43.3 Å². The van der Waals surface area contributed by atoms with E-state index in [4.69, 9.17) is 0 Å². The van der Waals surface area contributed by atoms with Crippen LogP contribution in [-0.4, -0.2) is 12.5 Å². The van der Waals surface area contributed by atoms with Gasteiger partial charge < -0.3 is 4.90 Å². The summed E-state index contributed by atoms with van der Waals surface area (Å²) in [5.74, 6) is -0.383. The third-order valence-corrected chi connectivity index (χ3v) is 2.72. The van der Waals surface area contributed by atoms with Gasteiger partial charge in [0.2, 0.25) is 0 Å². The summed E-state index contributed by atoms with van der Waals surface area (Å²) in [7, 11) is 0. The Kier molecular flexibility index (Phi) is 3.72. The van der Waals surface area contributed by atoms with E-state index in [2.05, 4.69) is 0 Å². The van der Waals surface area contributed by atoms with Crippen LogP contribution in [0, 0.1) is 5.82 Å². The lowest BCUT2D eigenvalue weighted by Gasteiger charge is -2.21. The fraction of sp³-hybridized carbons (Fsp3) is 0.133. The van der Waals surface area contributed by atoms with E-state index >= 15 is 0 Å².